The van der Waals surface area contributed by atoms with E-state index in [9.17, 15) is 4.79 Å². The molecule has 1 amide bonds. The van der Waals surface area contributed by atoms with E-state index in [-0.39, 0.29) is 17.4 Å². The Morgan fingerprint density at radius 3 is 2.93 bits per heavy atom. The van der Waals surface area contributed by atoms with Crippen LogP contribution in [0.1, 0.15) is 12.8 Å². The van der Waals surface area contributed by atoms with E-state index in [1.54, 1.807) is 11.8 Å². The summed E-state index contributed by atoms with van der Waals surface area (Å²) in [5.74, 6) is -0.230. The van der Waals surface area contributed by atoms with Crippen LogP contribution >= 0.6 is 11.8 Å². The Morgan fingerprint density at radius 2 is 2.40 bits per heavy atom. The summed E-state index contributed by atoms with van der Waals surface area (Å²) in [6.07, 6.45) is 3.78. The predicted molar refractivity (Wildman–Crippen MR) is 60.3 cm³/mol. The zero-order valence-corrected chi connectivity index (χ0v) is 9.54. The molecule has 0 saturated carbocycles. The van der Waals surface area contributed by atoms with Crippen molar-refractivity contribution in [2.45, 2.75) is 24.4 Å². The summed E-state index contributed by atoms with van der Waals surface area (Å²) in [6.45, 7) is 0.913. The Labute approximate surface area is 93.4 Å². The zero-order valence-electron chi connectivity index (χ0n) is 8.72. The molecule has 6 heteroatoms. The van der Waals surface area contributed by atoms with Crippen LogP contribution in [0.5, 0.6) is 0 Å². The van der Waals surface area contributed by atoms with Crippen LogP contribution in [0.2, 0.25) is 0 Å². The van der Waals surface area contributed by atoms with Crippen molar-refractivity contribution in [3.8, 4) is 0 Å². The van der Waals surface area contributed by atoms with E-state index in [1.165, 1.54) is 0 Å². The molecule has 0 spiro atoms. The number of carbonyl (C=O) groups excluding carboxylic acids is 1. The zero-order chi connectivity index (χ0) is 11.0. The average Bonchev–Trinajstić information content (AvgIpc) is 2.71. The van der Waals surface area contributed by atoms with Gasteiger partial charge in [-0.1, -0.05) is 11.8 Å². The second-order valence-corrected chi connectivity index (χ2v) is 5.07. The minimum Gasteiger partial charge on any atom is -0.392 e. The van der Waals surface area contributed by atoms with Gasteiger partial charge >= 0.3 is 0 Å². The molecule has 5 nitrogen and oxygen atoms in total. The number of nitrogens with zero attached hydrogens (tertiary/aromatic N) is 2. The van der Waals surface area contributed by atoms with E-state index in [0.717, 1.165) is 24.4 Å². The molecule has 2 aliphatic heterocycles. The molecule has 2 atom stereocenters. The second kappa shape index (κ2) is 3.94. The highest BCUT2D eigenvalue weighted by atomic mass is 32.2. The van der Waals surface area contributed by atoms with E-state index >= 15 is 0 Å². The SMILES string of the molecule is CN1C=C(N)SC1N1CCCC1C(N)=O. The molecule has 4 N–H and O–H groups in total. The minimum absolute atomic E-state index is 0.130. The van der Waals surface area contributed by atoms with Crippen LogP contribution in [0.4, 0.5) is 0 Å². The summed E-state index contributed by atoms with van der Waals surface area (Å²) in [4.78, 5) is 15.4. The monoisotopic (exact) mass is 228 g/mol. The van der Waals surface area contributed by atoms with Crippen LogP contribution in [0.25, 0.3) is 0 Å². The van der Waals surface area contributed by atoms with Gasteiger partial charge in [0.15, 0.2) is 0 Å². The lowest BCUT2D eigenvalue weighted by molar-refractivity contribution is -0.123. The predicted octanol–water partition coefficient (Wildman–Crippen LogP) is -0.344. The van der Waals surface area contributed by atoms with E-state index in [4.69, 9.17) is 11.5 Å². The fourth-order valence-corrected chi connectivity index (χ4v) is 3.25. The number of rotatable bonds is 2. The fourth-order valence-electron chi connectivity index (χ4n) is 2.16. The maximum Gasteiger partial charge on any atom is 0.234 e. The van der Waals surface area contributed by atoms with E-state index in [0.29, 0.717) is 0 Å². The van der Waals surface area contributed by atoms with Gasteiger partial charge in [-0.2, -0.15) is 0 Å². The van der Waals surface area contributed by atoms with Crippen molar-refractivity contribution in [1.29, 1.82) is 0 Å². The Balaban J connectivity index is 2.08. The largest absolute Gasteiger partial charge is 0.392 e. The third-order valence-corrected chi connectivity index (χ3v) is 4.02. The quantitative estimate of drug-likeness (QED) is 0.676. The lowest BCUT2D eigenvalue weighted by atomic mass is 10.2. The molecule has 0 aromatic carbocycles. The number of carbonyl (C=O) groups is 1. The third kappa shape index (κ3) is 1.91. The minimum atomic E-state index is -0.230. The standard InChI is InChI=1S/C9H16N4OS/c1-12-5-7(10)15-9(12)13-4-2-3-6(13)8(11)14/h5-6,9H,2-4,10H2,1H3,(H2,11,14). The van der Waals surface area contributed by atoms with Crippen LogP contribution in [-0.4, -0.2) is 40.8 Å². The number of primary amides is 1. The molecule has 2 rings (SSSR count). The molecule has 0 radical (unpaired) electrons. The molecule has 1 fully saturated rings. The van der Waals surface area contributed by atoms with Gasteiger partial charge in [0.05, 0.1) is 11.1 Å². The van der Waals surface area contributed by atoms with Gasteiger partial charge in [0.2, 0.25) is 5.91 Å². The highest BCUT2D eigenvalue weighted by Crippen LogP contribution is 2.34. The van der Waals surface area contributed by atoms with Gasteiger partial charge in [0, 0.05) is 19.8 Å². The Hall–Kier alpha value is -0.880. The molecule has 2 heterocycles. The summed E-state index contributed by atoms with van der Waals surface area (Å²) in [5.41, 5.74) is 11.3. The number of amides is 1. The van der Waals surface area contributed by atoms with Crippen LogP contribution in [0.3, 0.4) is 0 Å². The molecule has 2 unspecified atom stereocenters. The van der Waals surface area contributed by atoms with Crippen LogP contribution in [0, 0.1) is 0 Å². The molecule has 0 aliphatic carbocycles. The van der Waals surface area contributed by atoms with Crippen LogP contribution < -0.4 is 11.5 Å². The average molecular weight is 228 g/mol. The van der Waals surface area contributed by atoms with Crippen molar-refractivity contribution in [2.75, 3.05) is 13.6 Å². The van der Waals surface area contributed by atoms with E-state index in [1.807, 2.05) is 18.1 Å². The molecule has 0 bridgehead atoms. The van der Waals surface area contributed by atoms with Gasteiger partial charge in [0.1, 0.15) is 5.50 Å². The second-order valence-electron chi connectivity index (χ2n) is 3.94. The number of hydrogen-bond donors (Lipinski definition) is 2. The van der Waals surface area contributed by atoms with Gasteiger partial charge in [-0.15, -0.1) is 0 Å². The first-order valence-electron chi connectivity index (χ1n) is 5.00. The van der Waals surface area contributed by atoms with Crippen molar-refractivity contribution in [3.63, 3.8) is 0 Å². The van der Waals surface area contributed by atoms with Crippen LogP contribution in [-0.2, 0) is 4.79 Å². The summed E-state index contributed by atoms with van der Waals surface area (Å²) < 4.78 is 0. The van der Waals surface area contributed by atoms with E-state index < -0.39 is 0 Å². The van der Waals surface area contributed by atoms with Crippen molar-refractivity contribution in [1.82, 2.24) is 9.80 Å². The lowest BCUT2D eigenvalue weighted by Crippen LogP contribution is -2.48. The van der Waals surface area contributed by atoms with Gasteiger partial charge in [-0.25, -0.2) is 0 Å². The first kappa shape index (κ1) is 10.6. The van der Waals surface area contributed by atoms with Crippen molar-refractivity contribution < 1.29 is 4.79 Å². The molecule has 84 valence electrons. The summed E-state index contributed by atoms with van der Waals surface area (Å²) in [7, 11) is 1.97. The number of thioether (sulfide) groups is 1. The first-order chi connectivity index (χ1) is 7.09. The molecule has 1 saturated heterocycles. The topological polar surface area (TPSA) is 75.6 Å². The highest BCUT2D eigenvalue weighted by molar-refractivity contribution is 8.03. The molecule has 0 aromatic rings. The van der Waals surface area contributed by atoms with Gasteiger partial charge < -0.3 is 16.4 Å². The van der Waals surface area contributed by atoms with Gasteiger partial charge in [-0.05, 0) is 12.8 Å². The normalized spacial score (nSPS) is 32.1. The van der Waals surface area contributed by atoms with Crippen molar-refractivity contribution >= 4 is 17.7 Å². The number of nitrogens with two attached hydrogens (primary N) is 2. The Bertz CT molecular complexity index is 306. The summed E-state index contributed by atoms with van der Waals surface area (Å²) >= 11 is 1.57. The molecule has 2 aliphatic rings. The fraction of sp³-hybridized carbons (Fsp3) is 0.667. The Kier molecular flexibility index (Phi) is 2.79. The molecule has 0 aromatic heterocycles. The maximum atomic E-state index is 11.3. The van der Waals surface area contributed by atoms with Crippen LogP contribution in [0.15, 0.2) is 11.2 Å². The summed E-state index contributed by atoms with van der Waals surface area (Å²) in [6, 6.07) is -0.135. The van der Waals surface area contributed by atoms with Gasteiger partial charge in [-0.3, -0.25) is 9.69 Å². The number of likely N-dealkylation sites (tertiary alicyclic amines) is 1. The van der Waals surface area contributed by atoms with E-state index in [2.05, 4.69) is 4.90 Å². The summed E-state index contributed by atoms with van der Waals surface area (Å²) in [5, 5.41) is 0.789. The maximum absolute atomic E-state index is 11.3. The number of hydrogen-bond acceptors (Lipinski definition) is 5. The lowest BCUT2D eigenvalue weighted by Gasteiger charge is -2.32. The first-order valence-corrected chi connectivity index (χ1v) is 5.88. The highest BCUT2D eigenvalue weighted by Gasteiger charge is 2.38. The van der Waals surface area contributed by atoms with Gasteiger partial charge in [0.25, 0.3) is 0 Å². The third-order valence-electron chi connectivity index (χ3n) is 2.83. The molecule has 15 heavy (non-hydrogen) atoms. The molecular weight excluding hydrogens is 212 g/mol. The van der Waals surface area contributed by atoms with Crippen molar-refractivity contribution in [3.05, 3.63) is 11.2 Å². The Morgan fingerprint density at radius 1 is 1.67 bits per heavy atom. The smallest absolute Gasteiger partial charge is 0.234 e. The van der Waals surface area contributed by atoms with Crippen molar-refractivity contribution in [2.24, 2.45) is 11.5 Å². The molecular formula is C9H16N4OS.